The highest BCUT2D eigenvalue weighted by Gasteiger charge is 2.07. The van der Waals surface area contributed by atoms with Gasteiger partial charge in [0, 0.05) is 11.1 Å². The Balaban J connectivity index is 2.54. The molecule has 0 bridgehead atoms. The molecular weight excluding hydrogens is 226 g/mol. The zero-order chi connectivity index (χ0) is 12.0. The van der Waals surface area contributed by atoms with Crippen molar-refractivity contribution in [2.24, 2.45) is 0 Å². The standard InChI is InChI=1S/C11H15NO3S/c1-3-10(13)9-5-4-8(6-12-9)16-7-11(14)15-2/h4-6,10,13H,3,7H2,1-2H3. The van der Waals surface area contributed by atoms with E-state index in [1.165, 1.54) is 18.9 Å². The van der Waals surface area contributed by atoms with Gasteiger partial charge in [-0.05, 0) is 18.6 Å². The summed E-state index contributed by atoms with van der Waals surface area (Å²) < 4.78 is 4.53. The van der Waals surface area contributed by atoms with E-state index in [4.69, 9.17) is 0 Å². The first-order chi connectivity index (χ1) is 7.67. The summed E-state index contributed by atoms with van der Waals surface area (Å²) in [6, 6.07) is 3.61. The molecule has 1 N–H and O–H groups in total. The first kappa shape index (κ1) is 13.0. The predicted octanol–water partition coefficient (Wildman–Crippen LogP) is 1.79. The Bertz CT molecular complexity index is 340. The molecule has 1 heterocycles. The molecular formula is C11H15NO3S. The van der Waals surface area contributed by atoms with Gasteiger partial charge in [-0.25, -0.2) is 0 Å². The number of thioether (sulfide) groups is 1. The van der Waals surface area contributed by atoms with Crippen LogP contribution in [0.5, 0.6) is 0 Å². The molecule has 0 saturated carbocycles. The highest BCUT2D eigenvalue weighted by Crippen LogP contribution is 2.20. The maximum Gasteiger partial charge on any atom is 0.315 e. The van der Waals surface area contributed by atoms with Crippen molar-refractivity contribution in [3.8, 4) is 0 Å². The molecule has 0 amide bonds. The second kappa shape index (κ2) is 6.50. The molecule has 0 aliphatic carbocycles. The molecule has 1 unspecified atom stereocenters. The maximum absolute atomic E-state index is 10.9. The van der Waals surface area contributed by atoms with E-state index in [0.717, 1.165) is 4.90 Å². The summed E-state index contributed by atoms with van der Waals surface area (Å²) in [6.07, 6.45) is 1.78. The van der Waals surface area contributed by atoms with Gasteiger partial charge >= 0.3 is 5.97 Å². The van der Waals surface area contributed by atoms with Crippen LogP contribution in [0.3, 0.4) is 0 Å². The topological polar surface area (TPSA) is 59.4 Å². The van der Waals surface area contributed by atoms with Gasteiger partial charge in [0.05, 0.1) is 24.7 Å². The van der Waals surface area contributed by atoms with E-state index >= 15 is 0 Å². The molecule has 4 nitrogen and oxygen atoms in total. The molecule has 0 saturated heterocycles. The fourth-order valence-corrected chi connectivity index (χ4v) is 1.78. The van der Waals surface area contributed by atoms with Crippen LogP contribution in [0.2, 0.25) is 0 Å². The van der Waals surface area contributed by atoms with Crippen molar-refractivity contribution < 1.29 is 14.6 Å². The fourth-order valence-electron chi connectivity index (χ4n) is 1.08. The van der Waals surface area contributed by atoms with Gasteiger partial charge in [0.2, 0.25) is 0 Å². The summed E-state index contributed by atoms with van der Waals surface area (Å²) in [6.45, 7) is 1.90. The van der Waals surface area contributed by atoms with Gasteiger partial charge in [0.25, 0.3) is 0 Å². The quantitative estimate of drug-likeness (QED) is 0.629. The number of esters is 1. The highest BCUT2D eigenvalue weighted by molar-refractivity contribution is 8.00. The smallest absolute Gasteiger partial charge is 0.315 e. The van der Waals surface area contributed by atoms with Crippen LogP contribution in [-0.2, 0) is 9.53 Å². The molecule has 0 fully saturated rings. The predicted molar refractivity (Wildman–Crippen MR) is 62.2 cm³/mol. The summed E-state index contributed by atoms with van der Waals surface area (Å²) in [4.78, 5) is 15.9. The van der Waals surface area contributed by atoms with Gasteiger partial charge in [-0.1, -0.05) is 6.92 Å². The number of aromatic nitrogens is 1. The van der Waals surface area contributed by atoms with Crippen LogP contribution in [0.4, 0.5) is 0 Å². The van der Waals surface area contributed by atoms with Crippen LogP contribution in [0.1, 0.15) is 25.1 Å². The summed E-state index contributed by atoms with van der Waals surface area (Å²) in [5.41, 5.74) is 0.657. The van der Waals surface area contributed by atoms with Crippen molar-refractivity contribution in [2.75, 3.05) is 12.9 Å². The molecule has 1 atom stereocenters. The van der Waals surface area contributed by atoms with E-state index in [-0.39, 0.29) is 11.7 Å². The largest absolute Gasteiger partial charge is 0.468 e. The van der Waals surface area contributed by atoms with Crippen molar-refractivity contribution >= 4 is 17.7 Å². The number of hydrogen-bond donors (Lipinski definition) is 1. The molecule has 0 radical (unpaired) electrons. The summed E-state index contributed by atoms with van der Waals surface area (Å²) in [5, 5.41) is 9.53. The Morgan fingerprint density at radius 3 is 2.88 bits per heavy atom. The summed E-state index contributed by atoms with van der Waals surface area (Å²) in [7, 11) is 1.36. The highest BCUT2D eigenvalue weighted by atomic mass is 32.2. The zero-order valence-corrected chi connectivity index (χ0v) is 10.2. The Morgan fingerprint density at radius 1 is 1.62 bits per heavy atom. The lowest BCUT2D eigenvalue weighted by molar-refractivity contribution is -0.137. The Morgan fingerprint density at radius 2 is 2.38 bits per heavy atom. The molecule has 1 aromatic heterocycles. The van der Waals surface area contributed by atoms with Crippen LogP contribution >= 0.6 is 11.8 Å². The van der Waals surface area contributed by atoms with Crippen LogP contribution in [-0.4, -0.2) is 28.9 Å². The second-order valence-electron chi connectivity index (χ2n) is 3.21. The lowest BCUT2D eigenvalue weighted by Crippen LogP contribution is -2.03. The lowest BCUT2D eigenvalue weighted by atomic mass is 10.2. The van der Waals surface area contributed by atoms with E-state index in [2.05, 4.69) is 9.72 Å². The van der Waals surface area contributed by atoms with Gasteiger partial charge in [0.1, 0.15) is 0 Å². The van der Waals surface area contributed by atoms with E-state index in [1.54, 1.807) is 12.3 Å². The average molecular weight is 241 g/mol. The Hall–Kier alpha value is -1.07. The average Bonchev–Trinajstić information content (AvgIpc) is 2.35. The second-order valence-corrected chi connectivity index (χ2v) is 4.26. The fraction of sp³-hybridized carbons (Fsp3) is 0.455. The zero-order valence-electron chi connectivity index (χ0n) is 9.34. The van der Waals surface area contributed by atoms with Gasteiger partial charge < -0.3 is 9.84 Å². The van der Waals surface area contributed by atoms with Gasteiger partial charge in [0.15, 0.2) is 0 Å². The number of rotatable bonds is 5. The summed E-state index contributed by atoms with van der Waals surface area (Å²) >= 11 is 1.36. The van der Waals surface area contributed by atoms with Crippen molar-refractivity contribution in [3.05, 3.63) is 24.0 Å². The van der Waals surface area contributed by atoms with Crippen LogP contribution in [0.15, 0.2) is 23.2 Å². The molecule has 16 heavy (non-hydrogen) atoms. The number of ether oxygens (including phenoxy) is 1. The van der Waals surface area contributed by atoms with Gasteiger partial charge in [-0.3, -0.25) is 9.78 Å². The van der Waals surface area contributed by atoms with E-state index in [0.29, 0.717) is 12.1 Å². The molecule has 0 aliphatic heterocycles. The van der Waals surface area contributed by atoms with Gasteiger partial charge in [-0.15, -0.1) is 11.8 Å². The minimum Gasteiger partial charge on any atom is -0.468 e. The number of methoxy groups -OCH3 is 1. The monoisotopic (exact) mass is 241 g/mol. The third kappa shape index (κ3) is 3.83. The third-order valence-corrected chi connectivity index (χ3v) is 3.03. The first-order valence-electron chi connectivity index (χ1n) is 5.01. The summed E-state index contributed by atoms with van der Waals surface area (Å²) in [5.74, 6) is 0.0103. The number of nitrogens with zero attached hydrogens (tertiary/aromatic N) is 1. The molecule has 1 rings (SSSR count). The maximum atomic E-state index is 10.9. The first-order valence-corrected chi connectivity index (χ1v) is 5.99. The third-order valence-electron chi connectivity index (χ3n) is 2.07. The Kier molecular flexibility index (Phi) is 5.28. The molecule has 5 heteroatoms. The molecule has 1 aromatic rings. The van der Waals surface area contributed by atoms with Crippen molar-refractivity contribution in [2.45, 2.75) is 24.3 Å². The normalized spacial score (nSPS) is 12.2. The minimum absolute atomic E-state index is 0.261. The molecule has 88 valence electrons. The molecule has 0 aliphatic rings. The van der Waals surface area contributed by atoms with E-state index in [9.17, 15) is 9.90 Å². The number of carbonyl (C=O) groups is 1. The Labute approximate surface area is 99.0 Å². The number of hydrogen-bond acceptors (Lipinski definition) is 5. The SMILES string of the molecule is CCC(O)c1ccc(SCC(=O)OC)cn1. The number of pyridine rings is 1. The van der Waals surface area contributed by atoms with Crippen LogP contribution in [0.25, 0.3) is 0 Å². The number of aliphatic hydroxyl groups excluding tert-OH is 1. The van der Waals surface area contributed by atoms with E-state index in [1.807, 2.05) is 13.0 Å². The van der Waals surface area contributed by atoms with Gasteiger partial charge in [-0.2, -0.15) is 0 Å². The van der Waals surface area contributed by atoms with Crippen molar-refractivity contribution in [3.63, 3.8) is 0 Å². The number of carbonyl (C=O) groups excluding carboxylic acids is 1. The molecule has 0 aromatic carbocycles. The molecule has 0 spiro atoms. The number of aliphatic hydroxyl groups is 1. The van der Waals surface area contributed by atoms with Crippen molar-refractivity contribution in [1.82, 2.24) is 4.98 Å². The van der Waals surface area contributed by atoms with Crippen molar-refractivity contribution in [1.29, 1.82) is 0 Å². The minimum atomic E-state index is -0.514. The van der Waals surface area contributed by atoms with E-state index < -0.39 is 6.10 Å². The van der Waals surface area contributed by atoms with Crippen LogP contribution < -0.4 is 0 Å². The van der Waals surface area contributed by atoms with Crippen LogP contribution in [0, 0.1) is 0 Å². The lowest BCUT2D eigenvalue weighted by Gasteiger charge is -2.07.